The summed E-state index contributed by atoms with van der Waals surface area (Å²) in [5.74, 6) is -0.702. The van der Waals surface area contributed by atoms with E-state index in [0.717, 1.165) is 11.1 Å². The van der Waals surface area contributed by atoms with Gasteiger partial charge < -0.3 is 9.47 Å². The summed E-state index contributed by atoms with van der Waals surface area (Å²) in [6, 6.07) is 9.03. The predicted molar refractivity (Wildman–Crippen MR) is 77.4 cm³/mol. The van der Waals surface area contributed by atoms with Crippen molar-refractivity contribution in [2.75, 3.05) is 20.2 Å². The van der Waals surface area contributed by atoms with Gasteiger partial charge in [0.25, 0.3) is 0 Å². The molecule has 1 saturated heterocycles. The largest absolute Gasteiger partial charge is 0.468 e. The molecule has 1 aromatic rings. The van der Waals surface area contributed by atoms with E-state index in [9.17, 15) is 9.59 Å². The van der Waals surface area contributed by atoms with E-state index in [1.165, 1.54) is 7.11 Å². The second-order valence-electron chi connectivity index (χ2n) is 5.04. The summed E-state index contributed by atoms with van der Waals surface area (Å²) in [5, 5.41) is 0. The molecule has 0 saturated carbocycles. The minimum Gasteiger partial charge on any atom is -0.468 e. The number of hydrogen-bond acceptors (Lipinski definition) is 5. The number of ether oxygens (including phenoxy) is 2. The van der Waals surface area contributed by atoms with Gasteiger partial charge in [-0.25, -0.2) is 0 Å². The summed E-state index contributed by atoms with van der Waals surface area (Å²) in [5.41, 5.74) is 1.85. The minimum atomic E-state index is -0.438. The van der Waals surface area contributed by atoms with Crippen LogP contribution in [-0.4, -0.2) is 43.1 Å². The molecule has 0 spiro atoms. The number of nitrogens with zero attached hydrogens (tertiary/aromatic N) is 1. The van der Waals surface area contributed by atoms with E-state index in [2.05, 4.69) is 6.58 Å². The lowest BCUT2D eigenvalue weighted by atomic mass is 10.2. The number of rotatable bonds is 5. The first-order chi connectivity index (χ1) is 10.1. The van der Waals surface area contributed by atoms with Gasteiger partial charge in [-0.3, -0.25) is 14.5 Å². The predicted octanol–water partition coefficient (Wildman–Crippen LogP) is 1.53. The fourth-order valence-corrected chi connectivity index (χ4v) is 2.35. The van der Waals surface area contributed by atoms with Crippen LogP contribution in [0.2, 0.25) is 0 Å². The Labute approximate surface area is 124 Å². The molecular weight excluding hydrogens is 270 g/mol. The lowest BCUT2D eigenvalue weighted by molar-refractivity contribution is -0.150. The molecule has 112 valence electrons. The van der Waals surface area contributed by atoms with Crippen LogP contribution in [0.3, 0.4) is 0 Å². The Morgan fingerprint density at radius 2 is 2.05 bits per heavy atom. The molecule has 0 aliphatic carbocycles. The highest BCUT2D eigenvalue weighted by molar-refractivity contribution is 5.79. The molecule has 0 N–H and O–H groups in total. The van der Waals surface area contributed by atoms with Crippen molar-refractivity contribution < 1.29 is 19.1 Å². The summed E-state index contributed by atoms with van der Waals surface area (Å²) in [6.07, 6.45) is 0.526. The van der Waals surface area contributed by atoms with Crippen LogP contribution in [0, 0.1) is 0 Å². The fourth-order valence-electron chi connectivity index (χ4n) is 2.35. The SMILES string of the molecule is C=C1C[C@@H](C(=O)OC)N(CC(=O)OCc2ccccc2)C1. The monoisotopic (exact) mass is 289 g/mol. The second kappa shape index (κ2) is 7.04. The number of likely N-dealkylation sites (tertiary alicyclic amines) is 1. The van der Waals surface area contributed by atoms with Crippen LogP contribution in [0.15, 0.2) is 42.5 Å². The van der Waals surface area contributed by atoms with Gasteiger partial charge in [0.1, 0.15) is 12.6 Å². The average Bonchev–Trinajstić information content (AvgIpc) is 2.86. The Bertz CT molecular complexity index is 526. The number of hydrogen-bond donors (Lipinski definition) is 0. The molecule has 1 aliphatic rings. The van der Waals surface area contributed by atoms with Crippen LogP contribution in [0.5, 0.6) is 0 Å². The first-order valence-electron chi connectivity index (χ1n) is 6.78. The standard InChI is InChI=1S/C16H19NO4/c1-12-8-14(16(19)20-2)17(9-12)10-15(18)21-11-13-6-4-3-5-7-13/h3-7,14H,1,8-11H2,2H3/t14-/m0/s1. The van der Waals surface area contributed by atoms with Gasteiger partial charge >= 0.3 is 11.9 Å². The van der Waals surface area contributed by atoms with Crippen LogP contribution >= 0.6 is 0 Å². The van der Waals surface area contributed by atoms with Gasteiger partial charge in [0.05, 0.1) is 13.7 Å². The second-order valence-corrected chi connectivity index (χ2v) is 5.04. The van der Waals surface area contributed by atoms with E-state index < -0.39 is 6.04 Å². The third kappa shape index (κ3) is 4.16. The van der Waals surface area contributed by atoms with Crippen molar-refractivity contribution in [2.24, 2.45) is 0 Å². The Kier molecular flexibility index (Phi) is 5.11. The number of esters is 2. The summed E-state index contributed by atoms with van der Waals surface area (Å²) in [7, 11) is 1.34. The van der Waals surface area contributed by atoms with Crippen molar-refractivity contribution in [1.82, 2.24) is 4.90 Å². The molecule has 0 aromatic heterocycles. The maximum absolute atomic E-state index is 11.9. The Morgan fingerprint density at radius 3 is 2.71 bits per heavy atom. The summed E-state index contributed by atoms with van der Waals surface area (Å²) < 4.78 is 9.97. The maximum atomic E-state index is 11.9. The molecule has 0 bridgehead atoms. The van der Waals surface area contributed by atoms with E-state index >= 15 is 0 Å². The Balaban J connectivity index is 1.86. The third-order valence-electron chi connectivity index (χ3n) is 3.40. The van der Waals surface area contributed by atoms with Crippen molar-refractivity contribution in [3.63, 3.8) is 0 Å². The molecule has 1 fully saturated rings. The van der Waals surface area contributed by atoms with E-state index in [0.29, 0.717) is 13.0 Å². The smallest absolute Gasteiger partial charge is 0.323 e. The van der Waals surface area contributed by atoms with Gasteiger partial charge in [0, 0.05) is 6.54 Å². The van der Waals surface area contributed by atoms with E-state index in [1.54, 1.807) is 4.90 Å². The third-order valence-corrected chi connectivity index (χ3v) is 3.40. The van der Waals surface area contributed by atoms with Gasteiger partial charge in [0.2, 0.25) is 0 Å². The van der Waals surface area contributed by atoms with Crippen molar-refractivity contribution in [1.29, 1.82) is 0 Å². The topological polar surface area (TPSA) is 55.8 Å². The van der Waals surface area contributed by atoms with E-state index in [4.69, 9.17) is 9.47 Å². The highest BCUT2D eigenvalue weighted by atomic mass is 16.5. The highest BCUT2D eigenvalue weighted by Gasteiger charge is 2.34. The van der Waals surface area contributed by atoms with Crippen molar-refractivity contribution >= 4 is 11.9 Å². The molecule has 1 aromatic carbocycles. The average molecular weight is 289 g/mol. The molecule has 0 amide bonds. The van der Waals surface area contributed by atoms with Crippen molar-refractivity contribution in [3.8, 4) is 0 Å². The normalized spacial score (nSPS) is 18.5. The van der Waals surface area contributed by atoms with Crippen LogP contribution in [0.1, 0.15) is 12.0 Å². The Morgan fingerprint density at radius 1 is 1.33 bits per heavy atom. The quantitative estimate of drug-likeness (QED) is 0.608. The van der Waals surface area contributed by atoms with Crippen molar-refractivity contribution in [3.05, 3.63) is 48.0 Å². The molecule has 0 unspecified atom stereocenters. The first-order valence-corrected chi connectivity index (χ1v) is 6.78. The van der Waals surface area contributed by atoms with Crippen LogP contribution in [-0.2, 0) is 25.7 Å². The maximum Gasteiger partial charge on any atom is 0.323 e. The molecule has 5 heteroatoms. The number of methoxy groups -OCH3 is 1. The summed E-state index contributed by atoms with van der Waals surface area (Å²) >= 11 is 0. The van der Waals surface area contributed by atoms with E-state index in [-0.39, 0.29) is 25.1 Å². The lowest BCUT2D eigenvalue weighted by Crippen LogP contribution is -2.40. The molecule has 21 heavy (non-hydrogen) atoms. The zero-order chi connectivity index (χ0) is 15.2. The summed E-state index contributed by atoms with van der Waals surface area (Å²) in [6.45, 7) is 4.68. The van der Waals surface area contributed by atoms with Gasteiger partial charge in [-0.05, 0) is 12.0 Å². The van der Waals surface area contributed by atoms with Crippen LogP contribution in [0.4, 0.5) is 0 Å². The van der Waals surface area contributed by atoms with Gasteiger partial charge in [-0.15, -0.1) is 0 Å². The minimum absolute atomic E-state index is 0.0611. The zero-order valence-electron chi connectivity index (χ0n) is 12.1. The molecule has 5 nitrogen and oxygen atoms in total. The van der Waals surface area contributed by atoms with Gasteiger partial charge in [-0.1, -0.05) is 42.5 Å². The van der Waals surface area contributed by atoms with Crippen LogP contribution in [0.25, 0.3) is 0 Å². The molecule has 1 heterocycles. The Hall–Kier alpha value is -2.14. The molecule has 1 aliphatic heterocycles. The number of benzene rings is 1. The van der Waals surface area contributed by atoms with Crippen LogP contribution < -0.4 is 0 Å². The van der Waals surface area contributed by atoms with Gasteiger partial charge in [-0.2, -0.15) is 0 Å². The number of carbonyl (C=O) groups is 2. The van der Waals surface area contributed by atoms with Gasteiger partial charge in [0.15, 0.2) is 0 Å². The molecule has 2 rings (SSSR count). The van der Waals surface area contributed by atoms with E-state index in [1.807, 2.05) is 30.3 Å². The summed E-state index contributed by atoms with van der Waals surface area (Å²) in [4.78, 5) is 25.3. The molecular formula is C16H19NO4. The lowest BCUT2D eigenvalue weighted by Gasteiger charge is -2.20. The fraction of sp³-hybridized carbons (Fsp3) is 0.375. The molecule has 1 atom stereocenters. The highest BCUT2D eigenvalue weighted by Crippen LogP contribution is 2.21. The number of carbonyl (C=O) groups excluding carboxylic acids is 2. The van der Waals surface area contributed by atoms with Crippen molar-refractivity contribution in [2.45, 2.75) is 19.1 Å². The zero-order valence-corrected chi connectivity index (χ0v) is 12.1. The molecule has 0 radical (unpaired) electrons. The first kappa shape index (κ1) is 15.3.